The Kier molecular flexibility index (Phi) is 7.72. The Labute approximate surface area is 230 Å². The molecule has 0 aliphatic carbocycles. The van der Waals surface area contributed by atoms with Crippen LogP contribution in [0.3, 0.4) is 0 Å². The van der Waals surface area contributed by atoms with Crippen molar-refractivity contribution < 1.29 is 14.3 Å². The van der Waals surface area contributed by atoms with E-state index in [1.54, 1.807) is 4.68 Å². The highest BCUT2D eigenvalue weighted by Crippen LogP contribution is 2.37. The molecule has 4 aromatic rings. The second kappa shape index (κ2) is 11.3. The standard InChI is InChI=1S/C29H27ClN4O3S/c1-18-8-10-20(11-9-18)16-37-23-14-12-21(13-15-23)26-25(27(35)36-3)19(2)31-28-32-29(33-34(26)28)38-17-22-6-4-5-7-24(22)30/h4-15,26H,16-17H2,1-3H3,(H,31,32,33). The third-order valence-corrected chi connectivity index (χ3v) is 7.53. The normalized spacial score (nSPS) is 14.6. The molecule has 7 nitrogen and oxygen atoms in total. The molecule has 0 saturated carbocycles. The summed E-state index contributed by atoms with van der Waals surface area (Å²) >= 11 is 7.80. The Balaban J connectivity index is 1.40. The highest BCUT2D eigenvalue weighted by atomic mass is 35.5. The van der Waals surface area contributed by atoms with Gasteiger partial charge >= 0.3 is 5.97 Å². The second-order valence-electron chi connectivity index (χ2n) is 8.94. The average Bonchev–Trinajstić information content (AvgIpc) is 3.34. The van der Waals surface area contributed by atoms with Crippen molar-refractivity contribution in [2.24, 2.45) is 0 Å². The van der Waals surface area contributed by atoms with Gasteiger partial charge in [-0.1, -0.05) is 83.5 Å². The van der Waals surface area contributed by atoms with Crippen LogP contribution in [-0.4, -0.2) is 27.8 Å². The number of aromatic nitrogens is 3. The van der Waals surface area contributed by atoms with Crippen molar-refractivity contribution in [1.82, 2.24) is 14.8 Å². The van der Waals surface area contributed by atoms with E-state index >= 15 is 0 Å². The number of benzene rings is 3. The zero-order valence-electron chi connectivity index (χ0n) is 21.3. The van der Waals surface area contributed by atoms with Crippen LogP contribution in [0.5, 0.6) is 5.75 Å². The lowest BCUT2D eigenvalue weighted by atomic mass is 9.96. The largest absolute Gasteiger partial charge is 0.489 e. The molecular formula is C29H27ClN4O3S. The molecule has 2 heterocycles. The van der Waals surface area contributed by atoms with Crippen molar-refractivity contribution in [3.05, 3.63) is 111 Å². The second-order valence-corrected chi connectivity index (χ2v) is 10.3. The van der Waals surface area contributed by atoms with E-state index in [4.69, 9.17) is 26.2 Å². The molecule has 194 valence electrons. The molecule has 1 atom stereocenters. The molecule has 9 heteroatoms. The first-order valence-electron chi connectivity index (χ1n) is 12.1. The quantitative estimate of drug-likeness (QED) is 0.198. The Bertz CT molecular complexity index is 1480. The smallest absolute Gasteiger partial charge is 0.338 e. The molecule has 0 saturated heterocycles. The number of fused-ring (bicyclic) bond motifs is 1. The fourth-order valence-corrected chi connectivity index (χ4v) is 5.34. The molecule has 38 heavy (non-hydrogen) atoms. The van der Waals surface area contributed by atoms with Gasteiger partial charge in [0.15, 0.2) is 0 Å². The molecule has 1 aromatic heterocycles. The van der Waals surface area contributed by atoms with E-state index in [1.165, 1.54) is 24.4 Å². The van der Waals surface area contributed by atoms with Gasteiger partial charge in [-0.25, -0.2) is 9.48 Å². The van der Waals surface area contributed by atoms with Crippen LogP contribution in [0, 0.1) is 6.92 Å². The van der Waals surface area contributed by atoms with E-state index < -0.39 is 12.0 Å². The zero-order chi connectivity index (χ0) is 26.6. The number of nitrogens with zero attached hydrogens (tertiary/aromatic N) is 3. The number of halogens is 1. The van der Waals surface area contributed by atoms with Crippen LogP contribution in [0.4, 0.5) is 5.95 Å². The van der Waals surface area contributed by atoms with Crippen LogP contribution in [0.2, 0.25) is 5.02 Å². The van der Waals surface area contributed by atoms with E-state index in [-0.39, 0.29) is 0 Å². The number of hydrogen-bond acceptors (Lipinski definition) is 7. The van der Waals surface area contributed by atoms with Crippen molar-refractivity contribution in [3.8, 4) is 5.75 Å². The molecule has 0 fully saturated rings. The van der Waals surface area contributed by atoms with Crippen LogP contribution < -0.4 is 10.1 Å². The number of hydrogen-bond donors (Lipinski definition) is 1. The van der Waals surface area contributed by atoms with Crippen molar-refractivity contribution >= 4 is 35.3 Å². The zero-order valence-corrected chi connectivity index (χ0v) is 22.8. The van der Waals surface area contributed by atoms with Crippen LogP contribution in [0.15, 0.2) is 89.2 Å². The summed E-state index contributed by atoms with van der Waals surface area (Å²) < 4.78 is 12.8. The van der Waals surface area contributed by atoms with Crippen molar-refractivity contribution in [2.75, 3.05) is 12.4 Å². The minimum atomic E-state index is -0.507. The number of nitrogens with one attached hydrogen (secondary N) is 1. The topological polar surface area (TPSA) is 78.3 Å². The molecule has 0 spiro atoms. The number of ether oxygens (including phenoxy) is 2. The first-order chi connectivity index (χ1) is 18.4. The third kappa shape index (κ3) is 5.56. The summed E-state index contributed by atoms with van der Waals surface area (Å²) in [6.07, 6.45) is 0. The molecule has 1 aliphatic rings. The third-order valence-electron chi connectivity index (χ3n) is 6.28. The van der Waals surface area contributed by atoms with E-state index in [9.17, 15) is 4.79 Å². The van der Waals surface area contributed by atoms with Gasteiger partial charge in [-0.15, -0.1) is 5.10 Å². The van der Waals surface area contributed by atoms with Gasteiger partial charge in [0.2, 0.25) is 11.1 Å². The van der Waals surface area contributed by atoms with Crippen molar-refractivity contribution in [1.29, 1.82) is 0 Å². The van der Waals surface area contributed by atoms with Gasteiger partial charge in [0, 0.05) is 16.5 Å². The first-order valence-corrected chi connectivity index (χ1v) is 13.5. The van der Waals surface area contributed by atoms with Crippen LogP contribution in [0.25, 0.3) is 0 Å². The summed E-state index contributed by atoms with van der Waals surface area (Å²) in [5.41, 5.74) is 5.32. The van der Waals surface area contributed by atoms with Crippen LogP contribution in [-0.2, 0) is 21.9 Å². The Morgan fingerprint density at radius 1 is 1.05 bits per heavy atom. The predicted octanol–water partition coefficient (Wildman–Crippen LogP) is 6.57. The maximum atomic E-state index is 12.8. The predicted molar refractivity (Wildman–Crippen MR) is 149 cm³/mol. The summed E-state index contributed by atoms with van der Waals surface area (Å²) in [4.78, 5) is 17.5. The fraction of sp³-hybridized carbons (Fsp3) is 0.207. The number of aryl methyl sites for hydroxylation is 1. The first kappa shape index (κ1) is 25.9. The van der Waals surface area contributed by atoms with Gasteiger partial charge in [-0.3, -0.25) is 0 Å². The maximum absolute atomic E-state index is 12.8. The Morgan fingerprint density at radius 2 is 1.79 bits per heavy atom. The number of anilines is 1. The Hall–Kier alpha value is -3.75. The van der Waals surface area contributed by atoms with Crippen LogP contribution in [0.1, 0.15) is 35.2 Å². The monoisotopic (exact) mass is 546 g/mol. The molecule has 1 aliphatic heterocycles. The van der Waals surface area contributed by atoms with Gasteiger partial charge in [0.25, 0.3) is 0 Å². The van der Waals surface area contributed by atoms with Crippen molar-refractivity contribution in [3.63, 3.8) is 0 Å². The molecule has 0 radical (unpaired) electrons. The maximum Gasteiger partial charge on any atom is 0.338 e. The van der Waals surface area contributed by atoms with E-state index in [0.717, 1.165) is 22.4 Å². The van der Waals surface area contributed by atoms with Gasteiger partial charge in [0.1, 0.15) is 18.4 Å². The van der Waals surface area contributed by atoms with Gasteiger partial charge in [-0.05, 0) is 48.7 Å². The number of rotatable bonds is 8. The number of carbonyl (C=O) groups excluding carboxylic acids is 1. The van der Waals surface area contributed by atoms with E-state index in [1.807, 2.05) is 55.5 Å². The number of allylic oxidation sites excluding steroid dienone is 1. The molecule has 1 unspecified atom stereocenters. The number of thioether (sulfide) groups is 1. The van der Waals surface area contributed by atoms with Gasteiger partial charge in [0.05, 0.1) is 12.7 Å². The van der Waals surface area contributed by atoms with E-state index in [2.05, 4.69) is 41.5 Å². The summed E-state index contributed by atoms with van der Waals surface area (Å²) in [5.74, 6) is 1.49. The summed E-state index contributed by atoms with van der Waals surface area (Å²) in [6.45, 7) is 4.37. The van der Waals surface area contributed by atoms with Crippen LogP contribution >= 0.6 is 23.4 Å². The summed E-state index contributed by atoms with van der Waals surface area (Å²) in [7, 11) is 1.38. The SMILES string of the molecule is COC(=O)C1=C(C)Nc2nc(SCc3ccccc3Cl)nn2C1c1ccc(OCc2ccc(C)cc2)cc1. The molecule has 3 aromatic carbocycles. The lowest BCUT2D eigenvalue weighted by Gasteiger charge is -2.27. The average molecular weight is 547 g/mol. The lowest BCUT2D eigenvalue weighted by molar-refractivity contribution is -0.136. The summed E-state index contributed by atoms with van der Waals surface area (Å²) in [5, 5.41) is 9.24. The number of methoxy groups -OCH3 is 1. The molecule has 1 N–H and O–H groups in total. The molecular weight excluding hydrogens is 520 g/mol. The lowest BCUT2D eigenvalue weighted by Crippen LogP contribution is -2.29. The Morgan fingerprint density at radius 3 is 2.50 bits per heavy atom. The minimum absolute atomic E-state index is 0.425. The highest BCUT2D eigenvalue weighted by Gasteiger charge is 2.35. The van der Waals surface area contributed by atoms with Crippen molar-refractivity contribution in [2.45, 2.75) is 37.4 Å². The fourth-order valence-electron chi connectivity index (χ4n) is 4.23. The molecule has 5 rings (SSSR count). The highest BCUT2D eigenvalue weighted by molar-refractivity contribution is 7.98. The van der Waals surface area contributed by atoms with Gasteiger partial charge in [-0.2, -0.15) is 4.98 Å². The summed E-state index contributed by atoms with van der Waals surface area (Å²) in [6, 6.07) is 23.1. The van der Waals surface area contributed by atoms with E-state index in [0.29, 0.717) is 39.8 Å². The van der Waals surface area contributed by atoms with Gasteiger partial charge < -0.3 is 14.8 Å². The molecule has 0 amide bonds. The number of carbonyl (C=O) groups is 1. The number of esters is 1. The minimum Gasteiger partial charge on any atom is -0.489 e. The molecule has 0 bridgehead atoms.